The topological polar surface area (TPSA) is 89.8 Å². The Bertz CT molecular complexity index is 760. The maximum Gasteiger partial charge on any atom is 0.222 e. The predicted octanol–water partition coefficient (Wildman–Crippen LogP) is 10.6. The highest BCUT2D eigenvalue weighted by Crippen LogP contribution is 2.13. The molecule has 268 valence electrons. The molecule has 0 aromatic carbocycles. The second kappa shape index (κ2) is 36.2. The fourth-order valence-electron chi connectivity index (χ4n) is 5.54. The van der Waals surface area contributed by atoms with Crippen molar-refractivity contribution in [2.24, 2.45) is 0 Å². The Morgan fingerprint density at radius 1 is 0.543 bits per heavy atom. The summed E-state index contributed by atoms with van der Waals surface area (Å²) in [5.41, 5.74) is 0. The lowest BCUT2D eigenvalue weighted by Crippen LogP contribution is -2.45. The molecule has 0 radical (unpaired) electrons. The number of carbonyl (C=O) groups is 1. The third-order valence-electron chi connectivity index (χ3n) is 8.57. The first-order valence-corrected chi connectivity index (χ1v) is 19.4. The van der Waals surface area contributed by atoms with Crippen LogP contribution in [0.2, 0.25) is 0 Å². The highest BCUT2D eigenvalue weighted by molar-refractivity contribution is 5.76. The van der Waals surface area contributed by atoms with E-state index in [4.69, 9.17) is 0 Å². The number of aliphatic hydroxyl groups excluding tert-OH is 3. The van der Waals surface area contributed by atoms with Crippen molar-refractivity contribution in [1.29, 1.82) is 0 Å². The van der Waals surface area contributed by atoms with Gasteiger partial charge < -0.3 is 20.6 Å². The van der Waals surface area contributed by atoms with E-state index in [0.29, 0.717) is 6.42 Å². The maximum atomic E-state index is 12.3. The number of rotatable bonds is 34. The van der Waals surface area contributed by atoms with Gasteiger partial charge in [-0.15, -0.1) is 0 Å². The van der Waals surface area contributed by atoms with Crippen molar-refractivity contribution >= 4 is 5.91 Å². The lowest BCUT2D eigenvalue weighted by molar-refractivity contribution is -0.124. The minimum absolute atomic E-state index is 0.0103. The molecular formula is C41H75NO4. The van der Waals surface area contributed by atoms with Crippen LogP contribution in [-0.4, -0.2) is 46.1 Å². The molecule has 0 spiro atoms. The number of aliphatic hydroxyl groups is 3. The first kappa shape index (κ1) is 44.3. The molecule has 1 amide bonds. The molecule has 3 unspecified atom stereocenters. The van der Waals surface area contributed by atoms with Crippen molar-refractivity contribution in [2.45, 2.75) is 199 Å². The summed E-state index contributed by atoms with van der Waals surface area (Å²) in [6.45, 7) is 4.14. The van der Waals surface area contributed by atoms with Gasteiger partial charge in [-0.25, -0.2) is 0 Å². The highest BCUT2D eigenvalue weighted by Gasteiger charge is 2.20. The van der Waals surface area contributed by atoms with Crippen molar-refractivity contribution in [1.82, 2.24) is 5.32 Å². The molecule has 0 aliphatic rings. The molecule has 0 saturated heterocycles. The van der Waals surface area contributed by atoms with E-state index >= 15 is 0 Å². The summed E-state index contributed by atoms with van der Waals surface area (Å²) in [6.07, 6.45) is 45.3. The van der Waals surface area contributed by atoms with Gasteiger partial charge in [0.15, 0.2) is 0 Å². The Hall–Kier alpha value is -1.69. The average molecular weight is 646 g/mol. The molecule has 3 atom stereocenters. The molecule has 4 N–H and O–H groups in total. The van der Waals surface area contributed by atoms with Crippen LogP contribution in [0.25, 0.3) is 0 Å². The van der Waals surface area contributed by atoms with Crippen molar-refractivity contribution in [3.8, 4) is 0 Å². The Balaban J connectivity index is 3.80. The minimum Gasteiger partial charge on any atom is -0.394 e. The van der Waals surface area contributed by atoms with Gasteiger partial charge in [0.25, 0.3) is 0 Å². The highest BCUT2D eigenvalue weighted by atomic mass is 16.3. The Morgan fingerprint density at radius 2 is 0.935 bits per heavy atom. The zero-order valence-corrected chi connectivity index (χ0v) is 30.2. The second-order valence-corrected chi connectivity index (χ2v) is 13.2. The summed E-state index contributed by atoms with van der Waals surface area (Å²) < 4.78 is 0. The van der Waals surface area contributed by atoms with Gasteiger partial charge in [0.05, 0.1) is 31.3 Å². The zero-order valence-electron chi connectivity index (χ0n) is 30.2. The Kier molecular flexibility index (Phi) is 34.8. The van der Waals surface area contributed by atoms with E-state index < -0.39 is 18.2 Å². The van der Waals surface area contributed by atoms with E-state index in [9.17, 15) is 20.1 Å². The van der Waals surface area contributed by atoms with Crippen LogP contribution < -0.4 is 5.32 Å². The van der Waals surface area contributed by atoms with Crippen LogP contribution in [0.5, 0.6) is 0 Å². The zero-order chi connectivity index (χ0) is 33.8. The number of carbonyl (C=O) groups excluding carboxylic acids is 1. The van der Waals surface area contributed by atoms with Gasteiger partial charge >= 0.3 is 0 Å². The van der Waals surface area contributed by atoms with Crippen LogP contribution in [-0.2, 0) is 4.79 Å². The van der Waals surface area contributed by atoms with Crippen LogP contribution in [0.4, 0.5) is 0 Å². The molecule has 0 aliphatic heterocycles. The first-order chi connectivity index (χ1) is 22.5. The third-order valence-corrected chi connectivity index (χ3v) is 8.57. The summed E-state index contributed by atoms with van der Waals surface area (Å²) in [4.78, 5) is 12.3. The normalized spacial score (nSPS) is 14.3. The number of hydrogen-bond acceptors (Lipinski definition) is 4. The Labute approximate surface area is 285 Å². The maximum absolute atomic E-state index is 12.3. The van der Waals surface area contributed by atoms with E-state index in [-0.39, 0.29) is 18.9 Å². The molecule has 0 heterocycles. The van der Waals surface area contributed by atoms with Crippen LogP contribution >= 0.6 is 0 Å². The molecule has 0 bridgehead atoms. The monoisotopic (exact) mass is 646 g/mol. The van der Waals surface area contributed by atoms with Gasteiger partial charge in [0, 0.05) is 0 Å². The van der Waals surface area contributed by atoms with E-state index in [1.165, 1.54) is 96.3 Å². The number of allylic oxidation sites excluding steroid dienone is 7. The molecule has 0 aromatic rings. The van der Waals surface area contributed by atoms with Crippen molar-refractivity contribution in [3.05, 3.63) is 48.6 Å². The van der Waals surface area contributed by atoms with E-state index in [1.807, 2.05) is 6.08 Å². The van der Waals surface area contributed by atoms with Gasteiger partial charge in [-0.05, 0) is 70.6 Å². The lowest BCUT2D eigenvalue weighted by atomic mass is 10.1. The van der Waals surface area contributed by atoms with E-state index in [0.717, 1.165) is 57.8 Å². The SMILES string of the molecule is CCCCC/C=C\CCCCCC(O)CC(=O)NC(CO)C(O)/C=C/CC/C=C/CC/C=C/CCCCCCCCCCCCC. The summed E-state index contributed by atoms with van der Waals surface area (Å²) >= 11 is 0. The van der Waals surface area contributed by atoms with Crippen molar-refractivity contribution in [2.75, 3.05) is 6.61 Å². The quantitative estimate of drug-likeness (QED) is 0.0414. The van der Waals surface area contributed by atoms with E-state index in [2.05, 4.69) is 55.6 Å². The van der Waals surface area contributed by atoms with E-state index in [1.54, 1.807) is 6.08 Å². The number of nitrogens with one attached hydrogen (secondary N) is 1. The van der Waals surface area contributed by atoms with Crippen LogP contribution in [0.1, 0.15) is 181 Å². The molecule has 46 heavy (non-hydrogen) atoms. The fourth-order valence-corrected chi connectivity index (χ4v) is 5.54. The van der Waals surface area contributed by atoms with Crippen LogP contribution in [0.3, 0.4) is 0 Å². The number of amides is 1. The summed E-state index contributed by atoms with van der Waals surface area (Å²) in [7, 11) is 0. The van der Waals surface area contributed by atoms with Gasteiger partial charge in [-0.2, -0.15) is 0 Å². The molecule has 5 nitrogen and oxygen atoms in total. The van der Waals surface area contributed by atoms with Gasteiger partial charge in [0.2, 0.25) is 5.91 Å². The van der Waals surface area contributed by atoms with Gasteiger partial charge in [-0.1, -0.05) is 152 Å². The van der Waals surface area contributed by atoms with Crippen molar-refractivity contribution < 1.29 is 20.1 Å². The largest absolute Gasteiger partial charge is 0.394 e. The summed E-state index contributed by atoms with van der Waals surface area (Å²) in [5, 5.41) is 33.0. The lowest BCUT2D eigenvalue weighted by Gasteiger charge is -2.20. The van der Waals surface area contributed by atoms with Gasteiger partial charge in [-0.3, -0.25) is 4.79 Å². The molecule has 5 heteroatoms. The smallest absolute Gasteiger partial charge is 0.222 e. The summed E-state index contributed by atoms with van der Waals surface area (Å²) in [5.74, 6) is -0.343. The molecule has 0 rings (SSSR count). The minimum atomic E-state index is -0.962. The molecule has 0 aliphatic carbocycles. The Morgan fingerprint density at radius 3 is 1.43 bits per heavy atom. The number of unbranched alkanes of at least 4 members (excludes halogenated alkanes) is 19. The number of hydrogen-bond donors (Lipinski definition) is 4. The van der Waals surface area contributed by atoms with Crippen LogP contribution in [0.15, 0.2) is 48.6 Å². The second-order valence-electron chi connectivity index (χ2n) is 13.2. The molecular weight excluding hydrogens is 570 g/mol. The summed E-state index contributed by atoms with van der Waals surface area (Å²) in [6, 6.07) is -0.771. The molecule has 0 saturated carbocycles. The molecule has 0 fully saturated rings. The average Bonchev–Trinajstić information content (AvgIpc) is 3.05. The molecule has 0 aromatic heterocycles. The standard InChI is InChI=1S/C41H75NO4/c1-3-5-7-9-11-13-15-16-17-18-19-20-21-22-23-24-25-27-29-31-33-35-40(45)39(37-43)42-41(46)36-38(44)34-32-30-28-26-14-12-10-8-6-4-2/h12,14,21-22,25,27,33,35,38-40,43-45H,3-11,13,15-20,23-24,26,28-32,34,36-37H2,1-2H3,(H,42,46)/b14-12-,22-21+,27-25+,35-33+. The predicted molar refractivity (Wildman–Crippen MR) is 199 cm³/mol. The fraction of sp³-hybridized carbons (Fsp3) is 0.780. The third kappa shape index (κ3) is 32.3. The van der Waals surface area contributed by atoms with Gasteiger partial charge in [0.1, 0.15) is 0 Å². The van der Waals surface area contributed by atoms with Crippen LogP contribution in [0, 0.1) is 0 Å². The first-order valence-electron chi connectivity index (χ1n) is 19.4. The van der Waals surface area contributed by atoms with Crippen molar-refractivity contribution in [3.63, 3.8) is 0 Å².